The molecule has 11 heteroatoms. The maximum Gasteiger partial charge on any atom is 0.419 e. The summed E-state index contributed by atoms with van der Waals surface area (Å²) in [7, 11) is -3.11. The topological polar surface area (TPSA) is 26.3 Å². The smallest absolute Gasteiger partial charge is 0.419 e. The van der Waals surface area contributed by atoms with Gasteiger partial charge >= 0.3 is 12.4 Å². The molecule has 0 saturated heterocycles. The number of halogens is 8. The minimum Gasteiger partial charge on any atom is -0.497 e. The SMILES string of the molecule is COc1ccc(P(=O)(c2ccc(F)c(C(F)(F)F)c2)c2ccc(F)c(C(F)(F)F)c2)cc1. The van der Waals surface area contributed by atoms with E-state index in [1.807, 2.05) is 0 Å². The third-order valence-electron chi connectivity index (χ3n) is 4.67. The average molecular weight is 480 g/mol. The Morgan fingerprint density at radius 3 is 1.38 bits per heavy atom. The Hall–Kier alpha value is -2.87. The lowest BCUT2D eigenvalue weighted by atomic mass is 10.2. The summed E-state index contributed by atoms with van der Waals surface area (Å²) in [5, 5.41) is -1.30. The van der Waals surface area contributed by atoms with E-state index in [1.54, 1.807) is 0 Å². The first kappa shape index (κ1) is 23.8. The lowest BCUT2D eigenvalue weighted by Crippen LogP contribution is -2.28. The van der Waals surface area contributed by atoms with Gasteiger partial charge in [0.1, 0.15) is 17.4 Å². The van der Waals surface area contributed by atoms with Gasteiger partial charge in [-0.25, -0.2) is 8.78 Å². The van der Waals surface area contributed by atoms with Gasteiger partial charge in [-0.15, -0.1) is 0 Å². The molecule has 0 aliphatic carbocycles. The first-order chi connectivity index (χ1) is 14.8. The maximum atomic E-state index is 14.2. The molecule has 0 heterocycles. The minimum atomic E-state index is -5.15. The van der Waals surface area contributed by atoms with Gasteiger partial charge in [-0.3, -0.25) is 0 Å². The Balaban J connectivity index is 2.35. The standard InChI is InChI=1S/C21H13F8O2P/c1-31-12-2-4-13(5-3-12)32(30,14-6-8-18(22)16(10-14)20(24,25)26)15-7-9-19(23)17(11-15)21(27,28)29/h2-11H,1H3. The van der Waals surface area contributed by atoms with Crippen molar-refractivity contribution < 1.29 is 44.4 Å². The van der Waals surface area contributed by atoms with Gasteiger partial charge in [0.2, 0.25) is 0 Å². The molecular weight excluding hydrogens is 467 g/mol. The van der Waals surface area contributed by atoms with Crippen molar-refractivity contribution in [3.8, 4) is 5.75 Å². The average Bonchev–Trinajstić information content (AvgIpc) is 2.72. The summed E-state index contributed by atoms with van der Waals surface area (Å²) in [5.74, 6) is -3.00. The number of ether oxygens (including phenoxy) is 1. The molecule has 3 aromatic carbocycles. The van der Waals surface area contributed by atoms with Gasteiger partial charge < -0.3 is 9.30 Å². The molecule has 0 radical (unpaired) electrons. The Labute approximate surface area is 176 Å². The van der Waals surface area contributed by atoms with Crippen LogP contribution in [-0.2, 0) is 16.9 Å². The molecule has 0 saturated carbocycles. The summed E-state index contributed by atoms with van der Waals surface area (Å²) in [6.07, 6.45) is -10.3. The van der Waals surface area contributed by atoms with Crippen molar-refractivity contribution in [3.05, 3.63) is 83.4 Å². The van der Waals surface area contributed by atoms with Crippen molar-refractivity contribution in [2.45, 2.75) is 12.4 Å². The van der Waals surface area contributed by atoms with Crippen LogP contribution in [0.25, 0.3) is 0 Å². The van der Waals surface area contributed by atoms with Crippen LogP contribution in [0.2, 0.25) is 0 Å². The Bertz CT molecular complexity index is 1120. The van der Waals surface area contributed by atoms with E-state index >= 15 is 0 Å². The van der Waals surface area contributed by atoms with Crippen LogP contribution in [0, 0.1) is 11.6 Å². The minimum absolute atomic E-state index is 0.155. The van der Waals surface area contributed by atoms with Crippen molar-refractivity contribution >= 4 is 23.1 Å². The normalized spacial score (nSPS) is 12.7. The van der Waals surface area contributed by atoms with Crippen LogP contribution in [0.15, 0.2) is 60.7 Å². The highest BCUT2D eigenvalue weighted by atomic mass is 31.2. The Morgan fingerprint density at radius 1 is 0.656 bits per heavy atom. The van der Waals surface area contributed by atoms with Gasteiger partial charge in [0.25, 0.3) is 0 Å². The van der Waals surface area contributed by atoms with Crippen molar-refractivity contribution in [1.29, 1.82) is 0 Å². The van der Waals surface area contributed by atoms with E-state index in [0.717, 1.165) is 12.1 Å². The highest BCUT2D eigenvalue weighted by molar-refractivity contribution is 7.85. The number of benzene rings is 3. The number of alkyl halides is 6. The number of rotatable bonds is 4. The van der Waals surface area contributed by atoms with Gasteiger partial charge in [-0.05, 0) is 60.7 Å². The van der Waals surface area contributed by atoms with E-state index in [9.17, 15) is 39.7 Å². The molecule has 0 atom stereocenters. The molecule has 0 bridgehead atoms. The zero-order valence-corrected chi connectivity index (χ0v) is 17.0. The molecule has 0 aliphatic heterocycles. The van der Waals surface area contributed by atoms with E-state index in [0.29, 0.717) is 12.1 Å². The number of hydrogen-bond acceptors (Lipinski definition) is 2. The summed E-state index contributed by atoms with van der Waals surface area (Å²) in [5.41, 5.74) is -3.47. The fourth-order valence-corrected chi connectivity index (χ4v) is 5.75. The largest absolute Gasteiger partial charge is 0.497 e. The van der Waals surface area contributed by atoms with E-state index in [4.69, 9.17) is 4.74 Å². The van der Waals surface area contributed by atoms with Crippen molar-refractivity contribution in [2.75, 3.05) is 7.11 Å². The maximum absolute atomic E-state index is 14.2. The van der Waals surface area contributed by atoms with Crippen LogP contribution in [0.1, 0.15) is 11.1 Å². The van der Waals surface area contributed by atoms with Crippen LogP contribution < -0.4 is 20.7 Å². The summed E-state index contributed by atoms with van der Waals surface area (Å²) in [4.78, 5) is 0. The van der Waals surface area contributed by atoms with E-state index in [1.165, 1.54) is 31.4 Å². The van der Waals surface area contributed by atoms with Crippen molar-refractivity contribution in [1.82, 2.24) is 0 Å². The van der Waals surface area contributed by atoms with Gasteiger partial charge in [-0.1, -0.05) is 0 Å². The van der Waals surface area contributed by atoms with Crippen LogP contribution in [0.5, 0.6) is 5.75 Å². The predicted octanol–water partition coefficient (Wildman–Crippen LogP) is 5.65. The van der Waals surface area contributed by atoms with Crippen molar-refractivity contribution in [2.24, 2.45) is 0 Å². The molecule has 170 valence electrons. The molecule has 0 aromatic heterocycles. The highest BCUT2D eigenvalue weighted by Crippen LogP contribution is 2.45. The zero-order chi connectivity index (χ0) is 23.9. The lowest BCUT2D eigenvalue weighted by Gasteiger charge is -2.22. The van der Waals surface area contributed by atoms with E-state index < -0.39 is 52.9 Å². The van der Waals surface area contributed by atoms with Crippen LogP contribution in [0.3, 0.4) is 0 Å². The second-order valence-corrected chi connectivity index (χ2v) is 9.40. The molecule has 0 fully saturated rings. The Kier molecular flexibility index (Phi) is 6.12. The highest BCUT2D eigenvalue weighted by Gasteiger charge is 2.40. The molecule has 3 aromatic rings. The third kappa shape index (κ3) is 4.37. The quantitative estimate of drug-likeness (QED) is 0.357. The molecule has 32 heavy (non-hydrogen) atoms. The zero-order valence-electron chi connectivity index (χ0n) is 16.1. The molecule has 0 amide bonds. The van der Waals surface area contributed by atoms with Crippen LogP contribution in [-0.4, -0.2) is 7.11 Å². The molecule has 3 rings (SSSR count). The van der Waals surface area contributed by atoms with Gasteiger partial charge in [0.05, 0.1) is 18.2 Å². The third-order valence-corrected chi connectivity index (χ3v) is 7.71. The van der Waals surface area contributed by atoms with E-state index in [2.05, 4.69) is 0 Å². The Morgan fingerprint density at radius 2 is 1.03 bits per heavy atom. The number of hydrogen-bond donors (Lipinski definition) is 0. The second kappa shape index (κ2) is 8.24. The monoisotopic (exact) mass is 480 g/mol. The number of methoxy groups -OCH3 is 1. The van der Waals surface area contributed by atoms with E-state index in [-0.39, 0.29) is 23.2 Å². The molecular formula is C21H13F8O2P. The van der Waals surface area contributed by atoms with Crippen molar-refractivity contribution in [3.63, 3.8) is 0 Å². The predicted molar refractivity (Wildman–Crippen MR) is 102 cm³/mol. The summed E-state index contributed by atoms with van der Waals surface area (Å²) in [6, 6.07) is 8.06. The van der Waals surface area contributed by atoms with Crippen LogP contribution in [0.4, 0.5) is 35.1 Å². The molecule has 0 aliphatic rings. The summed E-state index contributed by atoms with van der Waals surface area (Å²) in [6.45, 7) is 0. The van der Waals surface area contributed by atoms with Gasteiger partial charge in [0.15, 0.2) is 7.14 Å². The fraction of sp³-hybridized carbons (Fsp3) is 0.143. The molecule has 0 spiro atoms. The molecule has 0 unspecified atom stereocenters. The summed E-state index contributed by atoms with van der Waals surface area (Å²) >= 11 is 0. The first-order valence-electron chi connectivity index (χ1n) is 8.78. The van der Waals surface area contributed by atoms with Gasteiger partial charge in [-0.2, -0.15) is 26.3 Å². The second-order valence-electron chi connectivity index (χ2n) is 6.63. The fourth-order valence-electron chi connectivity index (χ4n) is 3.09. The van der Waals surface area contributed by atoms with Gasteiger partial charge in [0, 0.05) is 15.9 Å². The van der Waals surface area contributed by atoms with Crippen LogP contribution >= 0.6 is 7.14 Å². The molecule has 2 nitrogen and oxygen atoms in total. The summed E-state index contributed by atoms with van der Waals surface area (Å²) < 4.78 is 126. The first-order valence-corrected chi connectivity index (χ1v) is 10.5. The molecule has 0 N–H and O–H groups in total. The lowest BCUT2D eigenvalue weighted by molar-refractivity contribution is -0.140.